The molecule has 3 aliphatic carbocycles. The van der Waals surface area contributed by atoms with E-state index in [-0.39, 0.29) is 5.91 Å². The quantitative estimate of drug-likeness (QED) is 0.580. The summed E-state index contributed by atoms with van der Waals surface area (Å²) in [4.78, 5) is 14.9. The third-order valence-corrected chi connectivity index (χ3v) is 6.94. The predicted octanol–water partition coefficient (Wildman–Crippen LogP) is 4.42. The van der Waals surface area contributed by atoms with Gasteiger partial charge in [0.25, 0.3) is 5.91 Å². The lowest BCUT2D eigenvalue weighted by Gasteiger charge is -2.22. The van der Waals surface area contributed by atoms with Crippen LogP contribution in [0.3, 0.4) is 0 Å². The molecule has 0 spiro atoms. The zero-order valence-electron chi connectivity index (χ0n) is 18.5. The van der Waals surface area contributed by atoms with E-state index in [1.54, 1.807) is 0 Å². The van der Waals surface area contributed by atoms with Crippen LogP contribution in [-0.2, 0) is 25.9 Å². The van der Waals surface area contributed by atoms with E-state index in [2.05, 4.69) is 57.4 Å². The topological polar surface area (TPSA) is 50.2 Å². The first-order valence-corrected chi connectivity index (χ1v) is 12.0. The molecule has 6 rings (SSSR count). The van der Waals surface area contributed by atoms with Gasteiger partial charge in [0.1, 0.15) is 0 Å². The van der Waals surface area contributed by atoms with Crippen molar-refractivity contribution in [3.63, 3.8) is 0 Å². The van der Waals surface area contributed by atoms with Crippen molar-refractivity contribution in [2.75, 3.05) is 0 Å². The van der Waals surface area contributed by atoms with Gasteiger partial charge in [-0.25, -0.2) is 4.68 Å². The van der Waals surface area contributed by atoms with E-state index in [0.29, 0.717) is 12.1 Å². The normalized spacial score (nSPS) is 17.5. The van der Waals surface area contributed by atoms with Gasteiger partial charge < -0.3 is 5.32 Å². The Bertz CT molecular complexity index is 1110. The molecule has 0 bridgehead atoms. The maximum Gasteiger partial charge on any atom is 0.251 e. The number of benzene rings is 2. The Kier molecular flexibility index (Phi) is 5.07. The first-order chi connectivity index (χ1) is 15.7. The van der Waals surface area contributed by atoms with Crippen molar-refractivity contribution in [1.29, 1.82) is 0 Å². The minimum absolute atomic E-state index is 0.0557. The summed E-state index contributed by atoms with van der Waals surface area (Å²) in [6, 6.07) is 19.7. The zero-order valence-corrected chi connectivity index (χ0v) is 18.5. The average Bonchev–Trinajstić information content (AvgIpc) is 3.74. The van der Waals surface area contributed by atoms with Gasteiger partial charge in [-0.3, -0.25) is 9.69 Å². The van der Waals surface area contributed by atoms with Crippen molar-refractivity contribution >= 4 is 5.91 Å². The van der Waals surface area contributed by atoms with Crippen LogP contribution in [0.4, 0.5) is 0 Å². The van der Waals surface area contributed by atoms with Gasteiger partial charge in [-0.15, -0.1) is 0 Å². The van der Waals surface area contributed by atoms with Crippen LogP contribution in [0.5, 0.6) is 0 Å². The Balaban J connectivity index is 1.20. The fourth-order valence-corrected chi connectivity index (χ4v) is 4.86. The molecule has 2 fully saturated rings. The first kappa shape index (κ1) is 19.7. The number of nitrogens with one attached hydrogen (secondary N) is 1. The van der Waals surface area contributed by atoms with Crippen molar-refractivity contribution in [2.24, 2.45) is 0 Å². The molecule has 1 heterocycles. The standard InChI is InChI=1S/C27H30N4O/c32-27(28-21-13-14-21)20-11-9-19(10-12-20)17-30(22-15-16-22)18-25-24-7-4-8-26(24)31(29-25)23-5-2-1-3-6-23/h1-3,5-6,9-12,21-22H,4,7-8,13-18H2,(H,28,32). The third kappa shape index (κ3) is 4.09. The Morgan fingerprint density at radius 2 is 1.75 bits per heavy atom. The number of hydrogen-bond acceptors (Lipinski definition) is 3. The Hall–Kier alpha value is -2.92. The Morgan fingerprint density at radius 3 is 2.47 bits per heavy atom. The van der Waals surface area contributed by atoms with E-state index in [4.69, 9.17) is 5.10 Å². The molecule has 0 saturated heterocycles. The van der Waals surface area contributed by atoms with Gasteiger partial charge in [-0.1, -0.05) is 30.3 Å². The highest BCUT2D eigenvalue weighted by Gasteiger charge is 2.32. The van der Waals surface area contributed by atoms with E-state index < -0.39 is 0 Å². The van der Waals surface area contributed by atoms with Crippen LogP contribution >= 0.6 is 0 Å². The highest BCUT2D eigenvalue weighted by molar-refractivity contribution is 5.94. The van der Waals surface area contributed by atoms with Crippen LogP contribution in [0, 0.1) is 0 Å². The molecular weight excluding hydrogens is 396 g/mol. The fraction of sp³-hybridized carbons (Fsp3) is 0.407. The van der Waals surface area contributed by atoms with Gasteiger partial charge in [0.15, 0.2) is 0 Å². The van der Waals surface area contributed by atoms with E-state index in [1.807, 2.05) is 12.1 Å². The lowest BCUT2D eigenvalue weighted by molar-refractivity contribution is 0.0951. The molecule has 2 saturated carbocycles. The molecule has 1 amide bonds. The lowest BCUT2D eigenvalue weighted by Crippen LogP contribution is -2.26. The highest BCUT2D eigenvalue weighted by Crippen LogP contribution is 2.33. The average molecular weight is 427 g/mol. The summed E-state index contributed by atoms with van der Waals surface area (Å²) in [6.07, 6.45) is 8.24. The van der Waals surface area contributed by atoms with E-state index >= 15 is 0 Å². The number of hydrogen-bond donors (Lipinski definition) is 1. The summed E-state index contributed by atoms with van der Waals surface area (Å²) in [5.74, 6) is 0.0557. The second kappa shape index (κ2) is 8.21. The number of fused-ring (bicyclic) bond motifs is 1. The second-order valence-corrected chi connectivity index (χ2v) is 9.55. The molecule has 0 radical (unpaired) electrons. The van der Waals surface area contributed by atoms with E-state index in [9.17, 15) is 4.79 Å². The molecule has 2 aromatic carbocycles. The SMILES string of the molecule is O=C(NC1CC1)c1ccc(CN(Cc2nn(-c3ccccc3)c3c2CCC3)C2CC2)cc1. The van der Waals surface area contributed by atoms with Crippen LogP contribution in [0.25, 0.3) is 5.69 Å². The van der Waals surface area contributed by atoms with Crippen molar-refractivity contribution in [2.45, 2.75) is 70.1 Å². The van der Waals surface area contributed by atoms with E-state index in [1.165, 1.54) is 41.8 Å². The molecule has 0 unspecified atom stereocenters. The summed E-state index contributed by atoms with van der Waals surface area (Å²) in [7, 11) is 0. The summed E-state index contributed by atoms with van der Waals surface area (Å²) in [5.41, 5.74) is 7.29. The van der Waals surface area contributed by atoms with Crippen molar-refractivity contribution in [3.8, 4) is 5.69 Å². The molecule has 5 nitrogen and oxygen atoms in total. The molecule has 0 aliphatic heterocycles. The van der Waals surface area contributed by atoms with Gasteiger partial charge in [0.05, 0.1) is 11.4 Å². The molecule has 164 valence electrons. The van der Waals surface area contributed by atoms with E-state index in [0.717, 1.165) is 50.0 Å². The highest BCUT2D eigenvalue weighted by atomic mass is 16.1. The maximum atomic E-state index is 12.3. The molecule has 5 heteroatoms. The summed E-state index contributed by atoms with van der Waals surface area (Å²) < 4.78 is 2.18. The van der Waals surface area contributed by atoms with Crippen LogP contribution in [-0.4, -0.2) is 32.7 Å². The van der Waals surface area contributed by atoms with Crippen molar-refractivity contribution in [1.82, 2.24) is 20.0 Å². The van der Waals surface area contributed by atoms with Crippen LogP contribution in [0.2, 0.25) is 0 Å². The monoisotopic (exact) mass is 426 g/mol. The Morgan fingerprint density at radius 1 is 0.969 bits per heavy atom. The molecule has 1 N–H and O–H groups in total. The summed E-state index contributed by atoms with van der Waals surface area (Å²) >= 11 is 0. The Labute approximate surface area is 189 Å². The number of carbonyl (C=O) groups is 1. The smallest absolute Gasteiger partial charge is 0.251 e. The number of rotatable bonds is 8. The van der Waals surface area contributed by atoms with Crippen molar-refractivity contribution in [3.05, 3.63) is 82.7 Å². The molecule has 3 aromatic rings. The molecule has 32 heavy (non-hydrogen) atoms. The number of amides is 1. The number of para-hydroxylation sites is 1. The zero-order chi connectivity index (χ0) is 21.5. The minimum atomic E-state index is 0.0557. The number of carbonyl (C=O) groups excluding carboxylic acids is 1. The largest absolute Gasteiger partial charge is 0.349 e. The van der Waals surface area contributed by atoms with Gasteiger partial charge in [-0.05, 0) is 80.3 Å². The molecule has 0 atom stereocenters. The molecule has 3 aliphatic rings. The first-order valence-electron chi connectivity index (χ1n) is 12.0. The summed E-state index contributed by atoms with van der Waals surface area (Å²) in [5, 5.41) is 8.16. The molecule has 1 aromatic heterocycles. The predicted molar refractivity (Wildman–Crippen MR) is 125 cm³/mol. The van der Waals surface area contributed by atoms with Gasteiger partial charge in [0, 0.05) is 36.4 Å². The lowest BCUT2D eigenvalue weighted by atomic mass is 10.1. The number of nitrogens with zero attached hydrogens (tertiary/aromatic N) is 3. The van der Waals surface area contributed by atoms with Crippen molar-refractivity contribution < 1.29 is 4.79 Å². The third-order valence-electron chi connectivity index (χ3n) is 6.94. The second-order valence-electron chi connectivity index (χ2n) is 9.55. The maximum absolute atomic E-state index is 12.3. The summed E-state index contributed by atoms with van der Waals surface area (Å²) in [6.45, 7) is 1.80. The van der Waals surface area contributed by atoms with Crippen LogP contribution in [0.15, 0.2) is 54.6 Å². The number of aromatic nitrogens is 2. The van der Waals surface area contributed by atoms with Crippen LogP contribution in [0.1, 0.15) is 65.0 Å². The van der Waals surface area contributed by atoms with Gasteiger partial charge in [0.2, 0.25) is 0 Å². The molecular formula is C27H30N4O. The fourth-order valence-electron chi connectivity index (χ4n) is 4.86. The van der Waals surface area contributed by atoms with Crippen LogP contribution < -0.4 is 5.32 Å². The minimum Gasteiger partial charge on any atom is -0.349 e. The van der Waals surface area contributed by atoms with Gasteiger partial charge in [-0.2, -0.15) is 5.10 Å². The van der Waals surface area contributed by atoms with Gasteiger partial charge >= 0.3 is 0 Å².